The van der Waals surface area contributed by atoms with E-state index in [1.165, 1.54) is 0 Å². The fourth-order valence-electron chi connectivity index (χ4n) is 9.65. The number of hydrogen-bond acceptors (Lipinski definition) is 5. The Bertz CT molecular complexity index is 784. The Labute approximate surface area is 171 Å². The van der Waals surface area contributed by atoms with Crippen LogP contribution in [0.5, 0.6) is 0 Å². The van der Waals surface area contributed by atoms with E-state index < -0.39 is 28.4 Å². The lowest BCUT2D eigenvalue weighted by Crippen LogP contribution is -2.62. The minimum atomic E-state index is -0.764. The summed E-state index contributed by atoms with van der Waals surface area (Å²) in [6.07, 6.45) is 9.72. The van der Waals surface area contributed by atoms with Gasteiger partial charge in [-0.25, -0.2) is 4.79 Å². The predicted octanol–water partition coefficient (Wildman–Crippen LogP) is 3.36. The number of ether oxygens (including phenoxy) is 1. The standard InChI is InChI=1S/C24H32O5/c1-14(25)21-4-17-3-18(5-21)11-24(10-17,13-21)29-20(27)19(26)22-6-15-2-16(7-22)9-23(28,8-15)12-22/h15-18,28H,2-13H2,1H3. The molecule has 0 aromatic carbocycles. The van der Waals surface area contributed by atoms with Crippen LogP contribution in [0.4, 0.5) is 0 Å². The highest BCUT2D eigenvalue weighted by Gasteiger charge is 2.64. The zero-order valence-corrected chi connectivity index (χ0v) is 17.4. The van der Waals surface area contributed by atoms with Crippen LogP contribution in [0.25, 0.3) is 0 Å². The van der Waals surface area contributed by atoms with Gasteiger partial charge < -0.3 is 9.84 Å². The van der Waals surface area contributed by atoms with Gasteiger partial charge in [0.15, 0.2) is 0 Å². The van der Waals surface area contributed by atoms with Crippen LogP contribution >= 0.6 is 0 Å². The minimum absolute atomic E-state index is 0.224. The zero-order chi connectivity index (χ0) is 20.2. The monoisotopic (exact) mass is 400 g/mol. The average Bonchev–Trinajstić information content (AvgIpc) is 2.57. The number of aliphatic hydroxyl groups is 1. The van der Waals surface area contributed by atoms with Crippen LogP contribution in [0.3, 0.4) is 0 Å². The molecule has 8 fully saturated rings. The first-order valence-corrected chi connectivity index (χ1v) is 11.6. The summed E-state index contributed by atoms with van der Waals surface area (Å²) in [5.41, 5.74) is -2.44. The predicted molar refractivity (Wildman–Crippen MR) is 104 cm³/mol. The average molecular weight is 401 g/mol. The van der Waals surface area contributed by atoms with Crippen LogP contribution in [-0.2, 0) is 19.1 Å². The molecule has 5 heteroatoms. The van der Waals surface area contributed by atoms with Gasteiger partial charge in [-0.15, -0.1) is 0 Å². The first-order valence-electron chi connectivity index (χ1n) is 11.6. The second-order valence-corrected chi connectivity index (χ2v) is 12.2. The van der Waals surface area contributed by atoms with E-state index in [1.807, 2.05) is 0 Å². The molecule has 0 spiro atoms. The van der Waals surface area contributed by atoms with Gasteiger partial charge in [-0.1, -0.05) is 0 Å². The summed E-state index contributed by atoms with van der Waals surface area (Å²) in [7, 11) is 0. The third-order valence-electron chi connectivity index (χ3n) is 9.76. The summed E-state index contributed by atoms with van der Waals surface area (Å²) < 4.78 is 6.09. The number of hydrogen-bond donors (Lipinski definition) is 1. The van der Waals surface area contributed by atoms with Gasteiger partial charge in [-0.3, -0.25) is 9.59 Å². The molecule has 8 saturated carbocycles. The molecule has 0 heterocycles. The molecule has 4 unspecified atom stereocenters. The van der Waals surface area contributed by atoms with Gasteiger partial charge >= 0.3 is 5.97 Å². The van der Waals surface area contributed by atoms with Crippen LogP contribution in [-0.4, -0.2) is 33.8 Å². The molecule has 1 N–H and O–H groups in total. The molecule has 8 bridgehead atoms. The molecule has 0 aliphatic heterocycles. The van der Waals surface area contributed by atoms with E-state index in [1.54, 1.807) is 6.92 Å². The fraction of sp³-hybridized carbons (Fsp3) is 0.875. The maximum Gasteiger partial charge on any atom is 0.375 e. The lowest BCUT2D eigenvalue weighted by molar-refractivity contribution is -0.209. The zero-order valence-electron chi connectivity index (χ0n) is 17.4. The lowest BCUT2D eigenvalue weighted by Gasteiger charge is -2.61. The van der Waals surface area contributed by atoms with Crippen molar-refractivity contribution in [3.63, 3.8) is 0 Å². The first-order chi connectivity index (χ1) is 13.6. The molecular formula is C24H32O5. The lowest BCUT2D eigenvalue weighted by atomic mass is 9.46. The normalized spacial score (nSPS) is 53.9. The molecule has 158 valence electrons. The summed E-state index contributed by atoms with van der Waals surface area (Å²) in [4.78, 5) is 39.1. The summed E-state index contributed by atoms with van der Waals surface area (Å²) >= 11 is 0. The number of Topliss-reactive ketones (excluding diaryl/α,β-unsaturated/α-hetero) is 2. The summed E-state index contributed by atoms with van der Waals surface area (Å²) in [5.74, 6) is 0.735. The summed E-state index contributed by atoms with van der Waals surface area (Å²) in [5, 5.41) is 11.0. The van der Waals surface area contributed by atoms with E-state index in [2.05, 4.69) is 0 Å². The quantitative estimate of drug-likeness (QED) is 0.578. The van der Waals surface area contributed by atoms with Gasteiger partial charge in [0.2, 0.25) is 5.78 Å². The highest BCUT2D eigenvalue weighted by Crippen LogP contribution is 2.64. The van der Waals surface area contributed by atoms with Crippen molar-refractivity contribution in [2.45, 2.75) is 95.2 Å². The van der Waals surface area contributed by atoms with Gasteiger partial charge in [-0.2, -0.15) is 0 Å². The Morgan fingerprint density at radius 2 is 1.28 bits per heavy atom. The van der Waals surface area contributed by atoms with Crippen LogP contribution in [0, 0.1) is 34.5 Å². The second-order valence-electron chi connectivity index (χ2n) is 12.2. The van der Waals surface area contributed by atoms with Crippen molar-refractivity contribution in [1.29, 1.82) is 0 Å². The van der Waals surface area contributed by atoms with Crippen molar-refractivity contribution in [3.8, 4) is 0 Å². The van der Waals surface area contributed by atoms with Gasteiger partial charge in [-0.05, 0) is 108 Å². The maximum atomic E-state index is 13.4. The Balaban J connectivity index is 1.25. The maximum absolute atomic E-state index is 13.4. The molecule has 8 aliphatic rings. The van der Waals surface area contributed by atoms with E-state index in [-0.39, 0.29) is 11.2 Å². The number of carbonyl (C=O) groups excluding carboxylic acids is 3. The third-order valence-corrected chi connectivity index (χ3v) is 9.76. The van der Waals surface area contributed by atoms with Crippen molar-refractivity contribution < 1.29 is 24.2 Å². The highest BCUT2D eigenvalue weighted by atomic mass is 16.6. The van der Waals surface area contributed by atoms with Crippen molar-refractivity contribution in [2.24, 2.45) is 34.5 Å². The van der Waals surface area contributed by atoms with Crippen molar-refractivity contribution in [2.75, 3.05) is 0 Å². The van der Waals surface area contributed by atoms with Crippen LogP contribution in [0.2, 0.25) is 0 Å². The summed E-state index contributed by atoms with van der Waals surface area (Å²) in [6, 6.07) is 0. The van der Waals surface area contributed by atoms with Gasteiger partial charge in [0.25, 0.3) is 0 Å². The van der Waals surface area contributed by atoms with Gasteiger partial charge in [0.05, 0.1) is 5.60 Å². The largest absolute Gasteiger partial charge is 0.453 e. The van der Waals surface area contributed by atoms with Crippen molar-refractivity contribution >= 4 is 17.5 Å². The molecule has 0 amide bonds. The first kappa shape index (κ1) is 18.5. The Kier molecular flexibility index (Phi) is 3.53. The van der Waals surface area contributed by atoms with E-state index in [9.17, 15) is 19.5 Å². The molecule has 0 saturated heterocycles. The van der Waals surface area contributed by atoms with Crippen LogP contribution < -0.4 is 0 Å². The Morgan fingerprint density at radius 3 is 1.79 bits per heavy atom. The van der Waals surface area contributed by atoms with Crippen molar-refractivity contribution in [3.05, 3.63) is 0 Å². The fourth-order valence-corrected chi connectivity index (χ4v) is 9.65. The molecule has 0 radical (unpaired) electrons. The second kappa shape index (κ2) is 5.52. The molecule has 0 aromatic rings. The van der Waals surface area contributed by atoms with Crippen LogP contribution in [0.15, 0.2) is 0 Å². The summed E-state index contributed by atoms with van der Waals surface area (Å²) in [6.45, 7) is 1.68. The van der Waals surface area contributed by atoms with Gasteiger partial charge in [0.1, 0.15) is 11.4 Å². The SMILES string of the molecule is CC(=O)C12CC3CC(CC(OC(=O)C(=O)C45CC6CC(CC(O)(C6)C4)C5)(C3)C1)C2. The van der Waals surface area contributed by atoms with Gasteiger partial charge in [0, 0.05) is 10.8 Å². The van der Waals surface area contributed by atoms with Crippen molar-refractivity contribution in [1.82, 2.24) is 0 Å². The molecule has 8 rings (SSSR count). The number of rotatable bonds is 4. The molecule has 29 heavy (non-hydrogen) atoms. The Hall–Kier alpha value is -1.23. The topological polar surface area (TPSA) is 80.7 Å². The molecule has 5 nitrogen and oxygen atoms in total. The number of carbonyl (C=O) groups is 3. The molecular weight excluding hydrogens is 368 g/mol. The van der Waals surface area contributed by atoms with E-state index in [0.29, 0.717) is 36.5 Å². The minimum Gasteiger partial charge on any atom is -0.453 e. The highest BCUT2D eigenvalue weighted by molar-refractivity contribution is 6.36. The Morgan fingerprint density at radius 1 is 0.759 bits per heavy atom. The number of ketones is 2. The van der Waals surface area contributed by atoms with E-state index >= 15 is 0 Å². The smallest absolute Gasteiger partial charge is 0.375 e. The molecule has 0 aromatic heterocycles. The van der Waals surface area contributed by atoms with E-state index in [0.717, 1.165) is 64.2 Å². The molecule has 8 aliphatic carbocycles. The van der Waals surface area contributed by atoms with E-state index in [4.69, 9.17) is 4.74 Å². The molecule has 4 atom stereocenters. The number of esters is 1. The van der Waals surface area contributed by atoms with Crippen LogP contribution in [0.1, 0.15) is 84.0 Å². The third kappa shape index (κ3) is 2.58.